The van der Waals surface area contributed by atoms with Gasteiger partial charge in [0.1, 0.15) is 23.7 Å². The van der Waals surface area contributed by atoms with Crippen molar-refractivity contribution in [1.29, 1.82) is 0 Å². The van der Waals surface area contributed by atoms with Crippen LogP contribution in [-0.4, -0.2) is 27.1 Å². The van der Waals surface area contributed by atoms with Crippen LogP contribution in [0.25, 0.3) is 22.3 Å². The van der Waals surface area contributed by atoms with E-state index in [2.05, 4.69) is 19.2 Å². The summed E-state index contributed by atoms with van der Waals surface area (Å²) in [4.78, 5) is 13.3. The number of carbonyl (C=O) groups is 1. The zero-order valence-corrected chi connectivity index (χ0v) is 20.2. The van der Waals surface area contributed by atoms with Crippen LogP contribution in [0.3, 0.4) is 0 Å². The summed E-state index contributed by atoms with van der Waals surface area (Å²) in [6.07, 6.45) is 1.17. The fraction of sp³-hybridized carbons (Fsp3) is 0.222. The van der Waals surface area contributed by atoms with E-state index in [1.807, 2.05) is 48.5 Å². The molecule has 0 spiro atoms. The van der Waals surface area contributed by atoms with Crippen LogP contribution in [0.15, 0.2) is 82.1 Å². The van der Waals surface area contributed by atoms with Crippen LogP contribution in [0.4, 0.5) is 0 Å². The maximum Gasteiger partial charge on any atom is 0.255 e. The molecular formula is C27H27NO5S. The lowest BCUT2D eigenvalue weighted by molar-refractivity contribution is 0.0950. The molecule has 0 saturated heterocycles. The van der Waals surface area contributed by atoms with E-state index in [0.717, 1.165) is 16.5 Å². The zero-order valence-electron chi connectivity index (χ0n) is 19.4. The molecule has 34 heavy (non-hydrogen) atoms. The summed E-state index contributed by atoms with van der Waals surface area (Å²) in [5, 5.41) is 3.77. The van der Waals surface area contributed by atoms with Crippen LogP contribution in [0.2, 0.25) is 0 Å². The highest BCUT2D eigenvalue weighted by Crippen LogP contribution is 2.34. The van der Waals surface area contributed by atoms with Crippen LogP contribution < -0.4 is 10.1 Å². The van der Waals surface area contributed by atoms with Gasteiger partial charge in [-0.1, -0.05) is 56.3 Å². The Hall–Kier alpha value is -3.58. The highest BCUT2D eigenvalue weighted by molar-refractivity contribution is 7.90. The molecule has 176 valence electrons. The van der Waals surface area contributed by atoms with Crippen molar-refractivity contribution in [3.63, 3.8) is 0 Å². The Balaban J connectivity index is 1.54. The van der Waals surface area contributed by atoms with Gasteiger partial charge in [0.15, 0.2) is 9.84 Å². The van der Waals surface area contributed by atoms with E-state index in [4.69, 9.17) is 9.15 Å². The quantitative estimate of drug-likeness (QED) is 0.364. The van der Waals surface area contributed by atoms with Crippen molar-refractivity contribution in [3.05, 3.63) is 83.9 Å². The molecule has 1 amide bonds. The number of rotatable bonds is 8. The van der Waals surface area contributed by atoms with Crippen molar-refractivity contribution in [2.24, 2.45) is 5.92 Å². The largest absolute Gasteiger partial charge is 0.489 e. The zero-order chi connectivity index (χ0) is 24.3. The first-order valence-electron chi connectivity index (χ1n) is 11.0. The minimum atomic E-state index is -3.24. The molecule has 0 fully saturated rings. The number of ether oxygens (including phenoxy) is 1. The predicted molar refractivity (Wildman–Crippen MR) is 133 cm³/mol. The minimum Gasteiger partial charge on any atom is -0.489 e. The molecule has 0 atom stereocenters. The Bertz CT molecular complexity index is 1400. The highest BCUT2D eigenvalue weighted by Gasteiger charge is 2.22. The van der Waals surface area contributed by atoms with Crippen LogP contribution in [-0.2, 0) is 16.4 Å². The molecule has 1 aromatic heterocycles. The number of benzene rings is 3. The molecule has 0 radical (unpaired) electrons. The molecule has 1 heterocycles. The number of hydrogen-bond acceptors (Lipinski definition) is 5. The summed E-state index contributed by atoms with van der Waals surface area (Å²) in [6, 6.07) is 21.5. The topological polar surface area (TPSA) is 85.6 Å². The molecule has 0 bridgehead atoms. The standard InChI is InChI=1S/C27H27NO5S/c1-18(2)16-28-27(29)25-23-6-4-5-7-24(23)33-26(25)20-10-8-19(9-11-20)17-32-21-12-14-22(15-13-21)34(3,30)31/h4-15,18H,16-17H2,1-3H3,(H,28,29). The number of hydrogen-bond donors (Lipinski definition) is 1. The molecule has 0 aliphatic rings. The van der Waals surface area contributed by atoms with Gasteiger partial charge in [0.05, 0.1) is 10.5 Å². The summed E-state index contributed by atoms with van der Waals surface area (Å²) in [6.45, 7) is 5.00. The van der Waals surface area contributed by atoms with Crippen molar-refractivity contribution in [2.75, 3.05) is 12.8 Å². The molecule has 6 nitrogen and oxygen atoms in total. The fourth-order valence-corrected chi connectivity index (χ4v) is 4.19. The van der Waals surface area contributed by atoms with Gasteiger partial charge in [-0.3, -0.25) is 4.79 Å². The van der Waals surface area contributed by atoms with Crippen LogP contribution in [0.1, 0.15) is 29.8 Å². The molecule has 0 aliphatic carbocycles. The van der Waals surface area contributed by atoms with E-state index in [1.165, 1.54) is 18.4 Å². The fourth-order valence-electron chi connectivity index (χ4n) is 3.56. The smallest absolute Gasteiger partial charge is 0.255 e. The minimum absolute atomic E-state index is 0.154. The molecule has 4 rings (SSSR count). The summed E-state index contributed by atoms with van der Waals surface area (Å²) in [7, 11) is -3.24. The monoisotopic (exact) mass is 477 g/mol. The lowest BCUT2D eigenvalue weighted by Gasteiger charge is -2.09. The summed E-state index contributed by atoms with van der Waals surface area (Å²) in [5.74, 6) is 1.30. The first-order chi connectivity index (χ1) is 16.2. The Morgan fingerprint density at radius 2 is 1.65 bits per heavy atom. The van der Waals surface area contributed by atoms with Gasteiger partial charge in [0.25, 0.3) is 5.91 Å². The maximum absolute atomic E-state index is 13.0. The normalized spacial score (nSPS) is 11.6. The van der Waals surface area contributed by atoms with Crippen molar-refractivity contribution < 1.29 is 22.4 Å². The molecule has 3 aromatic carbocycles. The molecule has 0 saturated carbocycles. The molecule has 1 N–H and O–H groups in total. The Morgan fingerprint density at radius 3 is 2.29 bits per heavy atom. The number of nitrogens with one attached hydrogen (secondary N) is 1. The van der Waals surface area contributed by atoms with Gasteiger partial charge < -0.3 is 14.5 Å². The van der Waals surface area contributed by atoms with E-state index in [9.17, 15) is 13.2 Å². The van der Waals surface area contributed by atoms with E-state index < -0.39 is 9.84 Å². The van der Waals surface area contributed by atoms with Crippen LogP contribution >= 0.6 is 0 Å². The third kappa shape index (κ3) is 5.31. The molecule has 0 aliphatic heterocycles. The van der Waals surface area contributed by atoms with E-state index in [0.29, 0.717) is 41.7 Å². The Morgan fingerprint density at radius 1 is 0.971 bits per heavy atom. The van der Waals surface area contributed by atoms with Crippen molar-refractivity contribution in [2.45, 2.75) is 25.3 Å². The second-order valence-electron chi connectivity index (χ2n) is 8.64. The lowest BCUT2D eigenvalue weighted by atomic mass is 10.0. The summed E-state index contributed by atoms with van der Waals surface area (Å²) < 4.78 is 35.0. The predicted octanol–water partition coefficient (Wildman–Crippen LogP) is 5.47. The first-order valence-corrected chi connectivity index (χ1v) is 12.9. The van der Waals surface area contributed by atoms with Crippen molar-refractivity contribution in [1.82, 2.24) is 5.32 Å². The third-order valence-electron chi connectivity index (χ3n) is 5.37. The third-order valence-corrected chi connectivity index (χ3v) is 6.50. The average molecular weight is 478 g/mol. The van der Waals surface area contributed by atoms with Gasteiger partial charge in [0.2, 0.25) is 0 Å². The SMILES string of the molecule is CC(C)CNC(=O)c1c(-c2ccc(COc3ccc(S(C)(=O)=O)cc3)cc2)oc2ccccc12. The average Bonchev–Trinajstić information content (AvgIpc) is 3.21. The van der Waals surface area contributed by atoms with Gasteiger partial charge >= 0.3 is 0 Å². The number of sulfone groups is 1. The van der Waals surface area contributed by atoms with Crippen LogP contribution in [0, 0.1) is 5.92 Å². The summed E-state index contributed by atoms with van der Waals surface area (Å²) in [5.41, 5.74) is 2.92. The van der Waals surface area contributed by atoms with Gasteiger partial charge in [0, 0.05) is 23.8 Å². The van der Waals surface area contributed by atoms with E-state index >= 15 is 0 Å². The van der Waals surface area contributed by atoms with Crippen molar-refractivity contribution in [3.8, 4) is 17.1 Å². The molecule has 4 aromatic rings. The highest BCUT2D eigenvalue weighted by atomic mass is 32.2. The van der Waals surface area contributed by atoms with Gasteiger partial charge in [-0.25, -0.2) is 8.42 Å². The number of furan rings is 1. The maximum atomic E-state index is 13.0. The molecule has 7 heteroatoms. The first kappa shape index (κ1) is 23.6. The second kappa shape index (κ2) is 9.73. The van der Waals surface area contributed by atoms with E-state index in [-0.39, 0.29) is 10.8 Å². The van der Waals surface area contributed by atoms with Gasteiger partial charge in [-0.05, 0) is 41.8 Å². The lowest BCUT2D eigenvalue weighted by Crippen LogP contribution is -2.27. The number of amides is 1. The number of carbonyl (C=O) groups excluding carboxylic acids is 1. The van der Waals surface area contributed by atoms with Gasteiger partial charge in [-0.15, -0.1) is 0 Å². The van der Waals surface area contributed by atoms with Gasteiger partial charge in [-0.2, -0.15) is 0 Å². The van der Waals surface area contributed by atoms with Crippen LogP contribution in [0.5, 0.6) is 5.75 Å². The summed E-state index contributed by atoms with van der Waals surface area (Å²) >= 11 is 0. The molecular weight excluding hydrogens is 450 g/mol. The Kier molecular flexibility index (Phi) is 6.75. The number of para-hydroxylation sites is 1. The van der Waals surface area contributed by atoms with Crippen molar-refractivity contribution >= 4 is 26.7 Å². The Labute approximate surface area is 199 Å². The number of fused-ring (bicyclic) bond motifs is 1. The second-order valence-corrected chi connectivity index (χ2v) is 10.7. The van der Waals surface area contributed by atoms with E-state index in [1.54, 1.807) is 12.1 Å². The molecule has 0 unspecified atom stereocenters.